The second-order valence-electron chi connectivity index (χ2n) is 9.07. The minimum atomic E-state index is -1.62. The molecule has 10 nitrogen and oxygen atoms in total. The minimum absolute atomic E-state index is 0.194. The summed E-state index contributed by atoms with van der Waals surface area (Å²) >= 11 is 1.46. The molecule has 0 spiro atoms. The molecule has 0 saturated heterocycles. The van der Waals surface area contributed by atoms with Crippen LogP contribution in [0.15, 0.2) is 12.3 Å². The molecule has 182 valence electrons. The van der Waals surface area contributed by atoms with Crippen LogP contribution in [0.5, 0.6) is 5.88 Å². The fourth-order valence-corrected chi connectivity index (χ4v) is 5.42. The van der Waals surface area contributed by atoms with Crippen LogP contribution in [0.1, 0.15) is 38.3 Å². The highest BCUT2D eigenvalue weighted by Crippen LogP contribution is 2.41. The number of pyridine rings is 1. The number of hydrogen-bond acceptors (Lipinski definition) is 11. The molecule has 11 heteroatoms. The van der Waals surface area contributed by atoms with Gasteiger partial charge in [0, 0.05) is 25.3 Å². The summed E-state index contributed by atoms with van der Waals surface area (Å²) in [6.07, 6.45) is 3.74. The molecular formula is C23H30N6O4S. The third-order valence-corrected chi connectivity index (χ3v) is 7.54. The van der Waals surface area contributed by atoms with E-state index in [1.54, 1.807) is 6.20 Å². The van der Waals surface area contributed by atoms with Gasteiger partial charge in [-0.05, 0) is 51.5 Å². The quantitative estimate of drug-likeness (QED) is 0.286. The van der Waals surface area contributed by atoms with Crippen LogP contribution in [-0.2, 0) is 0 Å². The van der Waals surface area contributed by atoms with E-state index >= 15 is 0 Å². The minimum Gasteiger partial charge on any atom is -0.476 e. The Balaban J connectivity index is 1.57. The summed E-state index contributed by atoms with van der Waals surface area (Å²) in [6.45, 7) is 4.85. The fraction of sp³-hybridized carbons (Fsp3) is 0.565. The second kappa shape index (κ2) is 9.21. The van der Waals surface area contributed by atoms with Gasteiger partial charge in [0.25, 0.3) is 0 Å². The Hall–Kier alpha value is -2.60. The number of aliphatic hydroxyl groups is 3. The average molecular weight is 487 g/mol. The van der Waals surface area contributed by atoms with Gasteiger partial charge in [-0.3, -0.25) is 0 Å². The summed E-state index contributed by atoms with van der Waals surface area (Å²) in [5.41, 5.74) is 0.376. The molecule has 2 saturated carbocycles. The highest BCUT2D eigenvalue weighted by molar-refractivity contribution is 7.21. The summed E-state index contributed by atoms with van der Waals surface area (Å²) in [5, 5.41) is 38.6. The lowest BCUT2D eigenvalue weighted by Crippen LogP contribution is -2.48. The monoisotopic (exact) mass is 486 g/mol. The van der Waals surface area contributed by atoms with E-state index in [0.717, 1.165) is 11.2 Å². The van der Waals surface area contributed by atoms with Gasteiger partial charge in [-0.15, -0.1) is 11.3 Å². The lowest BCUT2D eigenvalue weighted by molar-refractivity contribution is -0.0545. The Kier molecular flexibility index (Phi) is 6.28. The number of aryl methyl sites for hydroxylation is 1. The van der Waals surface area contributed by atoms with Crippen LogP contribution in [0, 0.1) is 18.8 Å². The van der Waals surface area contributed by atoms with Gasteiger partial charge in [0.15, 0.2) is 5.72 Å². The van der Waals surface area contributed by atoms with Gasteiger partial charge < -0.3 is 30.7 Å². The third kappa shape index (κ3) is 4.40. The predicted molar refractivity (Wildman–Crippen MR) is 130 cm³/mol. The smallest absolute Gasteiger partial charge is 0.241 e. The first kappa shape index (κ1) is 23.2. The Morgan fingerprint density at radius 1 is 1.24 bits per heavy atom. The van der Waals surface area contributed by atoms with E-state index in [1.807, 2.05) is 19.9 Å². The lowest BCUT2D eigenvalue weighted by atomic mass is 10.0. The van der Waals surface area contributed by atoms with E-state index in [0.29, 0.717) is 58.4 Å². The highest BCUT2D eigenvalue weighted by Gasteiger charge is 2.47. The van der Waals surface area contributed by atoms with Gasteiger partial charge >= 0.3 is 0 Å². The van der Waals surface area contributed by atoms with Crippen molar-refractivity contribution in [3.8, 4) is 16.5 Å². The number of hydrogen-bond donors (Lipinski definition) is 5. The number of fused-ring (bicyclic) bond motifs is 1. The Labute approximate surface area is 201 Å². The maximum atomic E-state index is 11.2. The molecule has 2 fully saturated rings. The van der Waals surface area contributed by atoms with Crippen LogP contribution < -0.4 is 15.4 Å². The van der Waals surface area contributed by atoms with Crippen molar-refractivity contribution in [3.05, 3.63) is 18.0 Å². The number of anilines is 2. The van der Waals surface area contributed by atoms with Crippen LogP contribution in [0.25, 0.3) is 20.8 Å². The molecule has 3 atom stereocenters. The summed E-state index contributed by atoms with van der Waals surface area (Å²) in [7, 11) is 0. The van der Waals surface area contributed by atoms with E-state index < -0.39 is 17.7 Å². The Morgan fingerprint density at radius 3 is 2.76 bits per heavy atom. The molecule has 3 unspecified atom stereocenters. The summed E-state index contributed by atoms with van der Waals surface area (Å²) in [4.78, 5) is 18.4. The highest BCUT2D eigenvalue weighted by atomic mass is 32.1. The first-order valence-electron chi connectivity index (χ1n) is 11.7. The number of aliphatic hydroxyl groups excluding tert-OH is 2. The molecule has 2 aliphatic rings. The number of rotatable bonds is 9. The van der Waals surface area contributed by atoms with Crippen LogP contribution in [0.2, 0.25) is 0 Å². The van der Waals surface area contributed by atoms with Crippen molar-refractivity contribution in [2.45, 2.75) is 51.4 Å². The van der Waals surface area contributed by atoms with E-state index in [9.17, 15) is 15.3 Å². The molecule has 5 rings (SSSR count). The van der Waals surface area contributed by atoms with Gasteiger partial charge in [0.2, 0.25) is 11.8 Å². The molecule has 0 aromatic carbocycles. The molecule has 3 aromatic rings. The molecule has 3 aromatic heterocycles. The summed E-state index contributed by atoms with van der Waals surface area (Å²) in [6, 6.07) is 1.88. The van der Waals surface area contributed by atoms with Crippen molar-refractivity contribution in [2.75, 3.05) is 30.4 Å². The molecule has 0 bridgehead atoms. The van der Waals surface area contributed by atoms with E-state index in [4.69, 9.17) is 9.72 Å². The second-order valence-corrected chi connectivity index (χ2v) is 10.1. The maximum Gasteiger partial charge on any atom is 0.241 e. The van der Waals surface area contributed by atoms with Crippen molar-refractivity contribution in [2.24, 2.45) is 11.8 Å². The van der Waals surface area contributed by atoms with Crippen molar-refractivity contribution in [3.63, 3.8) is 0 Å². The maximum absolute atomic E-state index is 11.2. The fourth-order valence-electron chi connectivity index (χ4n) is 4.37. The average Bonchev–Trinajstić information content (AvgIpc) is 3.47. The molecule has 0 radical (unpaired) electrons. The van der Waals surface area contributed by atoms with Crippen molar-refractivity contribution in [1.82, 2.24) is 19.9 Å². The van der Waals surface area contributed by atoms with Crippen LogP contribution in [-0.4, -0.2) is 66.8 Å². The Morgan fingerprint density at radius 2 is 2.06 bits per heavy atom. The van der Waals surface area contributed by atoms with Gasteiger partial charge in [-0.2, -0.15) is 4.98 Å². The zero-order valence-electron chi connectivity index (χ0n) is 19.3. The number of nitrogens with zero attached hydrogens (tertiary/aromatic N) is 4. The molecule has 2 aliphatic carbocycles. The summed E-state index contributed by atoms with van der Waals surface area (Å²) in [5.74, 6) is 1.55. The molecular weight excluding hydrogens is 456 g/mol. The van der Waals surface area contributed by atoms with Gasteiger partial charge in [-0.1, -0.05) is 0 Å². The first-order chi connectivity index (χ1) is 16.4. The predicted octanol–water partition coefficient (Wildman–Crippen LogP) is 2.54. The largest absolute Gasteiger partial charge is 0.476 e. The summed E-state index contributed by atoms with van der Waals surface area (Å²) < 4.78 is 6.56. The van der Waals surface area contributed by atoms with Crippen LogP contribution in [0.4, 0.5) is 11.8 Å². The third-order valence-electron chi connectivity index (χ3n) is 6.51. The molecule has 34 heavy (non-hydrogen) atoms. The zero-order valence-corrected chi connectivity index (χ0v) is 20.1. The van der Waals surface area contributed by atoms with Crippen molar-refractivity contribution in [1.29, 1.82) is 0 Å². The van der Waals surface area contributed by atoms with Crippen molar-refractivity contribution < 1.29 is 20.1 Å². The van der Waals surface area contributed by atoms with E-state index in [1.165, 1.54) is 24.2 Å². The molecule has 3 heterocycles. The van der Waals surface area contributed by atoms with Crippen LogP contribution in [0.3, 0.4) is 0 Å². The standard InChI is InChI=1S/C23H30N6O4S/c1-3-33-20-17-15(7-9-24-20)34-21(27-17)16-12(2)26-22(25-10-13-4-5-13)28-19(16)29-23(32)8-6-14(11-30)18(23)31/h7,9,13-14,18,30-32H,3-6,8,10-11H2,1-2H3,(H2,25,26,28,29). The number of nitrogens with one attached hydrogen (secondary N) is 2. The Bertz CT molecular complexity index is 1190. The number of ether oxygens (including phenoxy) is 1. The van der Waals surface area contributed by atoms with E-state index in [2.05, 4.69) is 25.6 Å². The van der Waals surface area contributed by atoms with Gasteiger partial charge in [0.1, 0.15) is 22.4 Å². The number of aromatic nitrogens is 4. The van der Waals surface area contributed by atoms with Crippen molar-refractivity contribution >= 4 is 33.3 Å². The van der Waals surface area contributed by atoms with Gasteiger partial charge in [-0.25, -0.2) is 15.0 Å². The molecule has 0 amide bonds. The normalized spacial score (nSPS) is 24.5. The molecule has 0 aliphatic heterocycles. The SMILES string of the molecule is CCOc1nccc2sc(-c3c(C)nc(NCC4CC4)nc3NC3(O)CCC(CO)C3O)nc12. The zero-order chi connectivity index (χ0) is 23.9. The first-order valence-corrected chi connectivity index (χ1v) is 12.5. The topological polar surface area (TPSA) is 146 Å². The number of thiazole rings is 1. The van der Waals surface area contributed by atoms with Gasteiger partial charge in [0.05, 0.1) is 22.6 Å². The van der Waals surface area contributed by atoms with Crippen LogP contribution >= 0.6 is 11.3 Å². The molecule has 5 N–H and O–H groups in total. The van der Waals surface area contributed by atoms with E-state index in [-0.39, 0.29) is 13.0 Å². The lowest BCUT2D eigenvalue weighted by Gasteiger charge is -2.31.